The van der Waals surface area contributed by atoms with Gasteiger partial charge in [0.15, 0.2) is 0 Å². The number of hydrogen-bond donors (Lipinski definition) is 1. The predicted molar refractivity (Wildman–Crippen MR) is 83.9 cm³/mol. The van der Waals surface area contributed by atoms with Gasteiger partial charge in [0.25, 0.3) is 0 Å². The van der Waals surface area contributed by atoms with Gasteiger partial charge in [0.2, 0.25) is 11.8 Å². The highest BCUT2D eigenvalue weighted by Crippen LogP contribution is 2.29. The van der Waals surface area contributed by atoms with Gasteiger partial charge in [-0.15, -0.1) is 0 Å². The lowest BCUT2D eigenvalue weighted by Gasteiger charge is -2.33. The van der Waals surface area contributed by atoms with E-state index in [0.717, 1.165) is 11.1 Å². The Balaban J connectivity index is 1.81. The van der Waals surface area contributed by atoms with E-state index in [2.05, 4.69) is 5.32 Å². The standard InChI is InChI=1S/C18H17FN2O2/c1-21-16(22)10-12-6-2-4-8-14(12)17(21)18(23)20-11-13-7-3-5-9-15(13)19/h2-9,17H,10-11H2,1H3,(H,20,23)/t17-/m0/s1. The summed E-state index contributed by atoms with van der Waals surface area (Å²) in [6, 6.07) is 13.0. The molecule has 0 radical (unpaired) electrons. The molecule has 5 heteroatoms. The SMILES string of the molecule is CN1C(=O)Cc2ccccc2[C@H]1C(=O)NCc1ccccc1F. The number of carbonyl (C=O) groups is 2. The molecule has 0 bridgehead atoms. The number of nitrogens with zero attached hydrogens (tertiary/aromatic N) is 1. The molecular weight excluding hydrogens is 295 g/mol. The van der Waals surface area contributed by atoms with Gasteiger partial charge in [-0.25, -0.2) is 4.39 Å². The zero-order chi connectivity index (χ0) is 16.4. The number of fused-ring (bicyclic) bond motifs is 1. The van der Waals surface area contributed by atoms with Crippen molar-refractivity contribution in [1.29, 1.82) is 0 Å². The van der Waals surface area contributed by atoms with E-state index in [4.69, 9.17) is 0 Å². The summed E-state index contributed by atoms with van der Waals surface area (Å²) in [4.78, 5) is 26.1. The molecule has 1 aliphatic heterocycles. The maximum absolute atomic E-state index is 13.6. The second-order valence-corrected chi connectivity index (χ2v) is 5.59. The molecule has 0 fully saturated rings. The topological polar surface area (TPSA) is 49.4 Å². The van der Waals surface area contributed by atoms with E-state index in [9.17, 15) is 14.0 Å². The molecule has 0 aromatic heterocycles. The zero-order valence-corrected chi connectivity index (χ0v) is 12.8. The zero-order valence-electron chi connectivity index (χ0n) is 12.8. The monoisotopic (exact) mass is 312 g/mol. The summed E-state index contributed by atoms with van der Waals surface area (Å²) >= 11 is 0. The molecule has 1 aliphatic rings. The van der Waals surface area contributed by atoms with Gasteiger partial charge in [0.1, 0.15) is 11.9 Å². The average molecular weight is 312 g/mol. The van der Waals surface area contributed by atoms with Crippen molar-refractivity contribution in [3.8, 4) is 0 Å². The minimum Gasteiger partial charge on any atom is -0.350 e. The first-order chi connectivity index (χ1) is 11.1. The van der Waals surface area contributed by atoms with E-state index < -0.39 is 6.04 Å². The third-order valence-electron chi connectivity index (χ3n) is 4.13. The Morgan fingerprint density at radius 3 is 2.70 bits per heavy atom. The highest BCUT2D eigenvalue weighted by atomic mass is 19.1. The molecule has 2 amide bonds. The van der Waals surface area contributed by atoms with Crippen molar-refractivity contribution in [3.63, 3.8) is 0 Å². The molecule has 1 N–H and O–H groups in total. The van der Waals surface area contributed by atoms with Crippen molar-refractivity contribution < 1.29 is 14.0 Å². The molecule has 4 nitrogen and oxygen atoms in total. The lowest BCUT2D eigenvalue weighted by Crippen LogP contribution is -2.45. The quantitative estimate of drug-likeness (QED) is 0.944. The first kappa shape index (κ1) is 15.2. The molecule has 1 atom stereocenters. The largest absolute Gasteiger partial charge is 0.350 e. The van der Waals surface area contributed by atoms with Crippen molar-refractivity contribution in [1.82, 2.24) is 10.2 Å². The molecule has 0 saturated heterocycles. The summed E-state index contributed by atoms with van der Waals surface area (Å²) in [7, 11) is 1.62. The fraction of sp³-hybridized carbons (Fsp3) is 0.222. The molecular formula is C18H17FN2O2. The van der Waals surface area contributed by atoms with Gasteiger partial charge >= 0.3 is 0 Å². The highest BCUT2D eigenvalue weighted by Gasteiger charge is 2.34. The van der Waals surface area contributed by atoms with Crippen LogP contribution >= 0.6 is 0 Å². The maximum atomic E-state index is 13.6. The third-order valence-corrected chi connectivity index (χ3v) is 4.13. The molecule has 2 aromatic rings. The normalized spacial score (nSPS) is 16.9. The molecule has 0 saturated carbocycles. The molecule has 2 aromatic carbocycles. The predicted octanol–water partition coefficient (Wildman–Crippen LogP) is 2.20. The molecule has 3 rings (SSSR count). The van der Waals surface area contributed by atoms with Crippen molar-refractivity contribution in [2.24, 2.45) is 0 Å². The van der Waals surface area contributed by atoms with Crippen molar-refractivity contribution in [3.05, 3.63) is 71.0 Å². The lowest BCUT2D eigenvalue weighted by molar-refractivity contribution is -0.140. The van der Waals surface area contributed by atoms with Crippen LogP contribution in [0.2, 0.25) is 0 Å². The van der Waals surface area contributed by atoms with Crippen molar-refractivity contribution in [2.45, 2.75) is 19.0 Å². The summed E-state index contributed by atoms with van der Waals surface area (Å²) in [5.74, 6) is -0.771. The first-order valence-corrected chi connectivity index (χ1v) is 7.42. The first-order valence-electron chi connectivity index (χ1n) is 7.42. The number of amides is 2. The number of nitrogens with one attached hydrogen (secondary N) is 1. The molecule has 118 valence electrons. The summed E-state index contributed by atoms with van der Waals surface area (Å²) in [5, 5.41) is 2.73. The van der Waals surface area contributed by atoms with Crippen LogP contribution in [0.1, 0.15) is 22.7 Å². The summed E-state index contributed by atoms with van der Waals surface area (Å²) < 4.78 is 13.6. The summed E-state index contributed by atoms with van der Waals surface area (Å²) in [6.45, 7) is 0.0895. The molecule has 0 spiro atoms. The van der Waals surface area contributed by atoms with Crippen LogP contribution in [0.5, 0.6) is 0 Å². The fourth-order valence-corrected chi connectivity index (χ4v) is 2.84. The van der Waals surface area contributed by atoms with Gasteiger partial charge in [-0.1, -0.05) is 42.5 Å². The van der Waals surface area contributed by atoms with Crippen LogP contribution < -0.4 is 5.32 Å². The van der Waals surface area contributed by atoms with Gasteiger partial charge < -0.3 is 10.2 Å². The van der Waals surface area contributed by atoms with E-state index in [1.54, 1.807) is 25.2 Å². The molecule has 1 heterocycles. The molecule has 0 unspecified atom stereocenters. The Morgan fingerprint density at radius 1 is 1.22 bits per heavy atom. The maximum Gasteiger partial charge on any atom is 0.247 e. The number of benzene rings is 2. The van der Waals surface area contributed by atoms with Gasteiger partial charge in [-0.3, -0.25) is 9.59 Å². The van der Waals surface area contributed by atoms with Crippen LogP contribution in [0, 0.1) is 5.82 Å². The minimum absolute atomic E-state index is 0.0895. The number of hydrogen-bond acceptors (Lipinski definition) is 2. The van der Waals surface area contributed by atoms with E-state index in [0.29, 0.717) is 12.0 Å². The van der Waals surface area contributed by atoms with Crippen molar-refractivity contribution in [2.75, 3.05) is 7.05 Å². The summed E-state index contributed by atoms with van der Waals surface area (Å²) in [6.07, 6.45) is 0.295. The van der Waals surface area contributed by atoms with E-state index in [1.807, 2.05) is 24.3 Å². The van der Waals surface area contributed by atoms with Gasteiger partial charge in [-0.05, 0) is 17.2 Å². The molecule has 0 aliphatic carbocycles. The third kappa shape index (κ3) is 2.95. The number of likely N-dealkylation sites (N-methyl/N-ethyl adjacent to an activating group) is 1. The Hall–Kier alpha value is -2.69. The van der Waals surface area contributed by atoms with E-state index in [1.165, 1.54) is 11.0 Å². The van der Waals surface area contributed by atoms with Crippen LogP contribution in [0.4, 0.5) is 4.39 Å². The van der Waals surface area contributed by atoms with Crippen LogP contribution in [0.25, 0.3) is 0 Å². The van der Waals surface area contributed by atoms with E-state index in [-0.39, 0.29) is 24.2 Å². The highest BCUT2D eigenvalue weighted by molar-refractivity contribution is 5.92. The second kappa shape index (κ2) is 6.20. The Kier molecular flexibility index (Phi) is 4.10. The van der Waals surface area contributed by atoms with Crippen LogP contribution in [0.15, 0.2) is 48.5 Å². The van der Waals surface area contributed by atoms with Gasteiger partial charge in [0.05, 0.1) is 6.42 Å². The van der Waals surface area contributed by atoms with Crippen LogP contribution in [0.3, 0.4) is 0 Å². The Morgan fingerprint density at radius 2 is 1.91 bits per heavy atom. The minimum atomic E-state index is -0.681. The lowest BCUT2D eigenvalue weighted by atomic mass is 9.92. The van der Waals surface area contributed by atoms with Crippen LogP contribution in [-0.4, -0.2) is 23.8 Å². The number of carbonyl (C=O) groups excluding carboxylic acids is 2. The summed E-state index contributed by atoms with van der Waals surface area (Å²) in [5.41, 5.74) is 2.10. The smallest absolute Gasteiger partial charge is 0.247 e. The average Bonchev–Trinajstić information content (AvgIpc) is 2.55. The van der Waals surface area contributed by atoms with Crippen LogP contribution in [-0.2, 0) is 22.6 Å². The molecule has 23 heavy (non-hydrogen) atoms. The number of halogens is 1. The van der Waals surface area contributed by atoms with Crippen molar-refractivity contribution >= 4 is 11.8 Å². The number of rotatable bonds is 3. The fourth-order valence-electron chi connectivity index (χ4n) is 2.84. The Labute approximate surface area is 133 Å². The Bertz CT molecular complexity index is 760. The van der Waals surface area contributed by atoms with Gasteiger partial charge in [-0.2, -0.15) is 0 Å². The second-order valence-electron chi connectivity index (χ2n) is 5.59. The van der Waals surface area contributed by atoms with Gasteiger partial charge in [0, 0.05) is 19.2 Å². The van der Waals surface area contributed by atoms with E-state index >= 15 is 0 Å².